The van der Waals surface area contributed by atoms with Crippen molar-refractivity contribution >= 4 is 5.95 Å². The Labute approximate surface area is 72.2 Å². The first kappa shape index (κ1) is 8.99. The van der Waals surface area contributed by atoms with E-state index < -0.39 is 0 Å². The predicted octanol–water partition coefficient (Wildman–Crippen LogP) is -0.150. The van der Waals surface area contributed by atoms with E-state index in [1.54, 1.807) is 0 Å². The van der Waals surface area contributed by atoms with Crippen molar-refractivity contribution in [3.63, 3.8) is 0 Å². The zero-order valence-electron chi connectivity index (χ0n) is 7.54. The van der Waals surface area contributed by atoms with Crippen molar-refractivity contribution in [2.24, 2.45) is 0 Å². The number of anilines is 1. The Hall–Kier alpha value is -1.10. The van der Waals surface area contributed by atoms with Gasteiger partial charge in [-0.15, -0.1) is 0 Å². The minimum absolute atomic E-state index is 0.825. The zero-order chi connectivity index (χ0) is 8.81. The van der Waals surface area contributed by atoms with Gasteiger partial charge in [-0.3, -0.25) is 0 Å². The van der Waals surface area contributed by atoms with Crippen LogP contribution in [-0.2, 0) is 0 Å². The second-order valence-electron chi connectivity index (χ2n) is 2.69. The number of rotatable bonds is 5. The molecule has 12 heavy (non-hydrogen) atoms. The Balaban J connectivity index is 2.25. The molecule has 0 aliphatic heterocycles. The van der Waals surface area contributed by atoms with Crippen LogP contribution in [0, 0.1) is 0 Å². The van der Waals surface area contributed by atoms with Crippen molar-refractivity contribution in [2.45, 2.75) is 6.42 Å². The minimum Gasteiger partial charge on any atom is -0.344 e. The fraction of sp³-hybridized carbons (Fsp3) is 0.714. The smallest absolute Gasteiger partial charge is 0.220 e. The highest BCUT2D eigenvalue weighted by Crippen LogP contribution is 2.00. The molecular formula is C7H15N5. The maximum atomic E-state index is 4.03. The summed E-state index contributed by atoms with van der Waals surface area (Å²) in [6, 6.07) is 0. The number of hydrogen-bond acceptors (Lipinski definition) is 4. The van der Waals surface area contributed by atoms with Gasteiger partial charge in [0.2, 0.25) is 5.95 Å². The molecule has 0 saturated carbocycles. The quantitative estimate of drug-likeness (QED) is 0.602. The third kappa shape index (κ3) is 2.50. The summed E-state index contributed by atoms with van der Waals surface area (Å²) in [6.45, 7) is 2.01. The summed E-state index contributed by atoms with van der Waals surface area (Å²) in [5, 5.41) is 9.68. The molecule has 5 nitrogen and oxygen atoms in total. The number of aromatic amines is 1. The lowest BCUT2D eigenvalue weighted by Crippen LogP contribution is -2.23. The molecule has 0 aromatic carbocycles. The van der Waals surface area contributed by atoms with Crippen molar-refractivity contribution in [3.8, 4) is 0 Å². The number of H-pyrrole nitrogens is 1. The summed E-state index contributed by atoms with van der Waals surface area (Å²) < 4.78 is 0. The first-order chi connectivity index (χ1) is 5.84. The normalized spacial score (nSPS) is 10.2. The molecule has 0 fully saturated rings. The molecule has 0 aliphatic rings. The molecule has 0 aliphatic carbocycles. The SMILES string of the molecule is CNCCCN(C)c1ncn[nH]1. The van der Waals surface area contributed by atoms with E-state index >= 15 is 0 Å². The number of nitrogens with zero attached hydrogens (tertiary/aromatic N) is 3. The van der Waals surface area contributed by atoms with Gasteiger partial charge in [0.25, 0.3) is 0 Å². The van der Waals surface area contributed by atoms with Crippen LogP contribution in [0.25, 0.3) is 0 Å². The van der Waals surface area contributed by atoms with Gasteiger partial charge in [-0.2, -0.15) is 10.1 Å². The molecule has 5 heteroatoms. The summed E-state index contributed by atoms with van der Waals surface area (Å²) in [6.07, 6.45) is 2.62. The predicted molar refractivity (Wildman–Crippen MR) is 48.2 cm³/mol. The molecule has 0 spiro atoms. The van der Waals surface area contributed by atoms with Crippen molar-refractivity contribution in [1.82, 2.24) is 20.5 Å². The van der Waals surface area contributed by atoms with Gasteiger partial charge < -0.3 is 10.2 Å². The van der Waals surface area contributed by atoms with Crippen LogP contribution in [0.5, 0.6) is 0 Å². The van der Waals surface area contributed by atoms with Crippen LogP contribution in [0.15, 0.2) is 6.33 Å². The first-order valence-corrected chi connectivity index (χ1v) is 4.05. The molecule has 1 aromatic rings. The molecule has 68 valence electrons. The number of nitrogens with one attached hydrogen (secondary N) is 2. The fourth-order valence-electron chi connectivity index (χ4n) is 0.982. The highest BCUT2D eigenvalue weighted by atomic mass is 15.3. The summed E-state index contributed by atoms with van der Waals surface area (Å²) >= 11 is 0. The van der Waals surface area contributed by atoms with E-state index in [0.29, 0.717) is 0 Å². The second kappa shape index (κ2) is 4.71. The topological polar surface area (TPSA) is 56.8 Å². The Bertz CT molecular complexity index is 196. The van der Waals surface area contributed by atoms with E-state index in [1.807, 2.05) is 19.0 Å². The lowest BCUT2D eigenvalue weighted by Gasteiger charge is -2.14. The van der Waals surface area contributed by atoms with Crippen LogP contribution < -0.4 is 10.2 Å². The van der Waals surface area contributed by atoms with Crippen LogP contribution in [0.1, 0.15) is 6.42 Å². The Kier molecular flexibility index (Phi) is 3.53. The van der Waals surface area contributed by atoms with Gasteiger partial charge in [-0.05, 0) is 20.0 Å². The molecule has 0 radical (unpaired) electrons. The van der Waals surface area contributed by atoms with E-state index in [0.717, 1.165) is 25.5 Å². The third-order valence-electron chi connectivity index (χ3n) is 1.68. The summed E-state index contributed by atoms with van der Waals surface area (Å²) in [4.78, 5) is 6.08. The Morgan fingerprint density at radius 3 is 3.08 bits per heavy atom. The van der Waals surface area contributed by atoms with Crippen LogP contribution in [0.4, 0.5) is 5.95 Å². The third-order valence-corrected chi connectivity index (χ3v) is 1.68. The van der Waals surface area contributed by atoms with E-state index in [1.165, 1.54) is 6.33 Å². The molecule has 1 heterocycles. The second-order valence-corrected chi connectivity index (χ2v) is 2.69. The highest BCUT2D eigenvalue weighted by molar-refractivity contribution is 5.24. The summed E-state index contributed by atoms with van der Waals surface area (Å²) in [5.74, 6) is 0.825. The van der Waals surface area contributed by atoms with Crippen LogP contribution in [-0.4, -0.2) is 42.4 Å². The average Bonchev–Trinajstić information content (AvgIpc) is 2.56. The monoisotopic (exact) mass is 169 g/mol. The van der Waals surface area contributed by atoms with Crippen molar-refractivity contribution in [3.05, 3.63) is 6.33 Å². The van der Waals surface area contributed by atoms with Gasteiger partial charge in [0.1, 0.15) is 6.33 Å². The van der Waals surface area contributed by atoms with Crippen LogP contribution >= 0.6 is 0 Å². The van der Waals surface area contributed by atoms with Crippen molar-refractivity contribution in [1.29, 1.82) is 0 Å². The maximum Gasteiger partial charge on any atom is 0.220 e. The van der Waals surface area contributed by atoms with Gasteiger partial charge in [-0.25, -0.2) is 5.10 Å². The Morgan fingerprint density at radius 2 is 2.50 bits per heavy atom. The van der Waals surface area contributed by atoms with Gasteiger partial charge in [0.15, 0.2) is 0 Å². The maximum absolute atomic E-state index is 4.03. The van der Waals surface area contributed by atoms with E-state index in [4.69, 9.17) is 0 Å². The van der Waals surface area contributed by atoms with E-state index in [2.05, 4.69) is 20.5 Å². The van der Waals surface area contributed by atoms with Crippen LogP contribution in [0.2, 0.25) is 0 Å². The molecule has 0 unspecified atom stereocenters. The summed E-state index contributed by atoms with van der Waals surface area (Å²) in [5.41, 5.74) is 0. The molecule has 0 bridgehead atoms. The number of aromatic nitrogens is 3. The molecule has 0 amide bonds. The van der Waals surface area contributed by atoms with E-state index in [-0.39, 0.29) is 0 Å². The molecule has 2 N–H and O–H groups in total. The molecule has 0 atom stereocenters. The molecule has 1 rings (SSSR count). The van der Waals surface area contributed by atoms with Gasteiger partial charge in [-0.1, -0.05) is 0 Å². The largest absolute Gasteiger partial charge is 0.344 e. The van der Waals surface area contributed by atoms with Gasteiger partial charge in [0, 0.05) is 13.6 Å². The van der Waals surface area contributed by atoms with Crippen LogP contribution in [0.3, 0.4) is 0 Å². The summed E-state index contributed by atoms with van der Waals surface area (Å²) in [7, 11) is 3.95. The average molecular weight is 169 g/mol. The number of hydrogen-bond donors (Lipinski definition) is 2. The fourth-order valence-corrected chi connectivity index (χ4v) is 0.982. The zero-order valence-corrected chi connectivity index (χ0v) is 7.54. The van der Waals surface area contributed by atoms with Gasteiger partial charge >= 0.3 is 0 Å². The van der Waals surface area contributed by atoms with Crippen molar-refractivity contribution < 1.29 is 0 Å². The lowest BCUT2D eigenvalue weighted by molar-refractivity contribution is 0.705. The molecule has 0 saturated heterocycles. The molecule has 1 aromatic heterocycles. The molecular weight excluding hydrogens is 154 g/mol. The Morgan fingerprint density at radius 1 is 1.67 bits per heavy atom. The van der Waals surface area contributed by atoms with Crippen molar-refractivity contribution in [2.75, 3.05) is 32.1 Å². The minimum atomic E-state index is 0.825. The standard InChI is InChI=1S/C7H15N5/c1-8-4-3-5-12(2)7-9-6-10-11-7/h6,8H,3-5H2,1-2H3,(H,9,10,11). The highest BCUT2D eigenvalue weighted by Gasteiger charge is 2.01. The van der Waals surface area contributed by atoms with E-state index in [9.17, 15) is 0 Å². The first-order valence-electron chi connectivity index (χ1n) is 4.05. The van der Waals surface area contributed by atoms with Gasteiger partial charge in [0.05, 0.1) is 0 Å². The lowest BCUT2D eigenvalue weighted by atomic mass is 10.4.